The first-order valence-corrected chi connectivity index (χ1v) is 11.6. The number of piperidine rings is 1. The molecule has 2 saturated heterocycles. The topological polar surface area (TPSA) is 96.3 Å². The largest absolute Gasteiger partial charge is 0.354 e. The van der Waals surface area contributed by atoms with E-state index in [9.17, 15) is 13.2 Å². The molecule has 1 aromatic heterocycles. The molecule has 4 rings (SSSR count). The summed E-state index contributed by atoms with van der Waals surface area (Å²) in [7, 11) is -3.57. The van der Waals surface area contributed by atoms with Crippen LogP contribution in [0.25, 0.3) is 0 Å². The van der Waals surface area contributed by atoms with Gasteiger partial charge in [-0.1, -0.05) is 0 Å². The van der Waals surface area contributed by atoms with E-state index in [4.69, 9.17) is 0 Å². The number of nitrogens with zero attached hydrogens (tertiary/aromatic N) is 3. The van der Waals surface area contributed by atoms with Crippen LogP contribution >= 0.6 is 12.4 Å². The second kappa shape index (κ2) is 9.11. The summed E-state index contributed by atoms with van der Waals surface area (Å²) in [6.07, 6.45) is 8.34. The third-order valence-corrected chi connectivity index (χ3v) is 7.65. The Morgan fingerprint density at radius 1 is 1.21 bits per heavy atom. The molecule has 3 aliphatic rings. The number of imidazole rings is 1. The monoisotopic (exact) mass is 431 g/mol. The zero-order chi connectivity index (χ0) is 18.9. The molecule has 1 aromatic rings. The first-order chi connectivity index (χ1) is 13.0. The average molecular weight is 432 g/mol. The van der Waals surface area contributed by atoms with Gasteiger partial charge in [0.2, 0.25) is 5.91 Å². The zero-order valence-electron chi connectivity index (χ0n) is 16.1. The summed E-state index contributed by atoms with van der Waals surface area (Å²) in [6.45, 7) is 3.24. The van der Waals surface area contributed by atoms with E-state index in [1.54, 1.807) is 10.5 Å². The van der Waals surface area contributed by atoms with E-state index >= 15 is 0 Å². The second-order valence-corrected chi connectivity index (χ2v) is 9.80. The minimum atomic E-state index is -3.57. The third kappa shape index (κ3) is 4.53. The van der Waals surface area contributed by atoms with Gasteiger partial charge in [0.15, 0.2) is 5.03 Å². The van der Waals surface area contributed by atoms with Crippen LogP contribution in [0.2, 0.25) is 0 Å². The van der Waals surface area contributed by atoms with E-state index in [-0.39, 0.29) is 35.3 Å². The predicted octanol–water partition coefficient (Wildman–Crippen LogP) is 0.910. The summed E-state index contributed by atoms with van der Waals surface area (Å²) < 4.78 is 29.6. The molecule has 1 amide bonds. The predicted molar refractivity (Wildman–Crippen MR) is 108 cm³/mol. The van der Waals surface area contributed by atoms with Crippen molar-refractivity contribution in [1.29, 1.82) is 0 Å². The van der Waals surface area contributed by atoms with Crippen molar-refractivity contribution in [3.05, 3.63) is 12.0 Å². The van der Waals surface area contributed by atoms with Crippen molar-refractivity contribution in [3.63, 3.8) is 0 Å². The molecule has 158 valence electrons. The van der Waals surface area contributed by atoms with Crippen molar-refractivity contribution >= 4 is 28.3 Å². The number of carbonyl (C=O) groups is 1. The molecule has 10 heteroatoms. The van der Waals surface area contributed by atoms with Crippen molar-refractivity contribution in [2.75, 3.05) is 26.2 Å². The van der Waals surface area contributed by atoms with Gasteiger partial charge in [0, 0.05) is 38.8 Å². The van der Waals surface area contributed by atoms with Crippen LogP contribution < -0.4 is 10.6 Å². The Balaban J connectivity index is 0.00000225. The van der Waals surface area contributed by atoms with Gasteiger partial charge in [-0.25, -0.2) is 13.4 Å². The average Bonchev–Trinajstić information content (AvgIpc) is 3.36. The fraction of sp³-hybridized carbons (Fsp3) is 0.778. The molecule has 2 fully saturated rings. The van der Waals surface area contributed by atoms with Crippen LogP contribution in [-0.2, 0) is 27.8 Å². The van der Waals surface area contributed by atoms with Crippen molar-refractivity contribution in [1.82, 2.24) is 24.5 Å². The molecule has 2 unspecified atom stereocenters. The zero-order valence-corrected chi connectivity index (χ0v) is 17.7. The van der Waals surface area contributed by atoms with E-state index < -0.39 is 10.0 Å². The van der Waals surface area contributed by atoms with Crippen molar-refractivity contribution in [3.8, 4) is 0 Å². The van der Waals surface area contributed by atoms with Crippen LogP contribution in [0.3, 0.4) is 0 Å². The van der Waals surface area contributed by atoms with Crippen molar-refractivity contribution < 1.29 is 13.2 Å². The molecule has 4 heterocycles. The summed E-state index contributed by atoms with van der Waals surface area (Å²) in [6, 6.07) is -0.0923. The fourth-order valence-corrected chi connectivity index (χ4v) is 5.85. The van der Waals surface area contributed by atoms with Gasteiger partial charge >= 0.3 is 0 Å². The number of sulfonamides is 1. The summed E-state index contributed by atoms with van der Waals surface area (Å²) in [4.78, 5) is 16.6. The maximum absolute atomic E-state index is 13.1. The second-order valence-electron chi connectivity index (χ2n) is 7.91. The Labute approximate surface area is 172 Å². The Hall–Kier alpha value is -1.16. The molecule has 0 bridgehead atoms. The van der Waals surface area contributed by atoms with Crippen LogP contribution in [0.5, 0.6) is 0 Å². The highest BCUT2D eigenvalue weighted by Gasteiger charge is 2.33. The number of amides is 1. The lowest BCUT2D eigenvalue weighted by Gasteiger charge is -2.31. The van der Waals surface area contributed by atoms with E-state index in [1.165, 1.54) is 0 Å². The standard InChI is InChI=1S/C18H29N5O3S.ClH/c24-18(15-6-3-8-19-15)20-11-14-5-4-10-23(12-14)27(25,26)17-13-22-9-2-1-7-16(22)21-17;/h13-15,19H,1-12H2,(H,20,24);1H. The Bertz CT molecular complexity index is 768. The fourth-order valence-electron chi connectivity index (χ4n) is 4.33. The molecule has 0 radical (unpaired) electrons. The highest BCUT2D eigenvalue weighted by Crippen LogP contribution is 2.25. The normalized spacial score (nSPS) is 25.7. The van der Waals surface area contributed by atoms with E-state index in [1.807, 2.05) is 4.57 Å². The summed E-state index contributed by atoms with van der Waals surface area (Å²) >= 11 is 0. The molecular formula is C18H30ClN5O3S. The molecular weight excluding hydrogens is 402 g/mol. The number of hydrogen-bond acceptors (Lipinski definition) is 5. The van der Waals surface area contributed by atoms with Crippen LogP contribution in [0.4, 0.5) is 0 Å². The highest BCUT2D eigenvalue weighted by atomic mass is 35.5. The Morgan fingerprint density at radius 3 is 2.82 bits per heavy atom. The number of fused-ring (bicyclic) bond motifs is 1. The number of carbonyl (C=O) groups excluding carboxylic acids is 1. The van der Waals surface area contributed by atoms with Gasteiger partial charge in [0.1, 0.15) is 5.82 Å². The number of rotatable bonds is 5. The summed E-state index contributed by atoms with van der Waals surface area (Å²) in [5.74, 6) is 1.06. The van der Waals surface area contributed by atoms with Crippen LogP contribution in [0.15, 0.2) is 11.2 Å². The number of halogens is 1. The molecule has 0 spiro atoms. The van der Waals surface area contributed by atoms with Crippen LogP contribution in [0, 0.1) is 5.92 Å². The van der Waals surface area contributed by atoms with Crippen molar-refractivity contribution in [2.45, 2.75) is 62.6 Å². The van der Waals surface area contributed by atoms with Gasteiger partial charge in [-0.05, 0) is 51.0 Å². The molecule has 0 saturated carbocycles. The lowest BCUT2D eigenvalue weighted by atomic mass is 9.99. The molecule has 8 nitrogen and oxygen atoms in total. The minimum Gasteiger partial charge on any atom is -0.354 e. The van der Waals surface area contributed by atoms with Gasteiger partial charge < -0.3 is 15.2 Å². The van der Waals surface area contributed by atoms with Gasteiger partial charge in [0.05, 0.1) is 6.04 Å². The summed E-state index contributed by atoms with van der Waals surface area (Å²) in [5.41, 5.74) is 0. The summed E-state index contributed by atoms with van der Waals surface area (Å²) in [5, 5.41) is 6.38. The van der Waals surface area contributed by atoms with Gasteiger partial charge in [0.25, 0.3) is 10.0 Å². The Kier molecular flexibility index (Phi) is 7.01. The van der Waals surface area contributed by atoms with Gasteiger partial charge in [-0.15, -0.1) is 12.4 Å². The SMILES string of the molecule is Cl.O=C(NCC1CCCN(S(=O)(=O)c2cn3c(n2)CCCC3)C1)C1CCCN1. The molecule has 2 N–H and O–H groups in total. The number of aryl methyl sites for hydroxylation is 2. The molecule has 3 aliphatic heterocycles. The van der Waals surface area contributed by atoms with Gasteiger partial charge in [-0.2, -0.15) is 4.31 Å². The molecule has 0 aromatic carbocycles. The van der Waals surface area contributed by atoms with Crippen molar-refractivity contribution in [2.24, 2.45) is 5.92 Å². The quantitative estimate of drug-likeness (QED) is 0.722. The number of aromatic nitrogens is 2. The van der Waals surface area contributed by atoms with Gasteiger partial charge in [-0.3, -0.25) is 4.79 Å². The molecule has 2 atom stereocenters. The smallest absolute Gasteiger partial charge is 0.262 e. The molecule has 0 aliphatic carbocycles. The maximum atomic E-state index is 13.1. The minimum absolute atomic E-state index is 0. The van der Waals surface area contributed by atoms with E-state index in [2.05, 4.69) is 15.6 Å². The van der Waals surface area contributed by atoms with E-state index in [0.29, 0.717) is 19.6 Å². The Morgan fingerprint density at radius 2 is 2.07 bits per heavy atom. The molecule has 28 heavy (non-hydrogen) atoms. The number of nitrogens with one attached hydrogen (secondary N) is 2. The lowest BCUT2D eigenvalue weighted by Crippen LogP contribution is -2.46. The first-order valence-electron chi connectivity index (χ1n) is 10.1. The van der Waals surface area contributed by atoms with E-state index in [0.717, 1.165) is 63.9 Å². The highest BCUT2D eigenvalue weighted by molar-refractivity contribution is 7.89. The maximum Gasteiger partial charge on any atom is 0.262 e. The van der Waals surface area contributed by atoms with Crippen LogP contribution in [0.1, 0.15) is 44.3 Å². The first kappa shape index (κ1) is 21.5. The third-order valence-electron chi connectivity index (χ3n) is 5.91. The number of hydrogen-bond donors (Lipinski definition) is 2. The van der Waals surface area contributed by atoms with Crippen LogP contribution in [-0.4, -0.2) is 60.4 Å². The lowest BCUT2D eigenvalue weighted by molar-refractivity contribution is -0.123.